The summed E-state index contributed by atoms with van der Waals surface area (Å²) in [4.78, 5) is 9.33. The summed E-state index contributed by atoms with van der Waals surface area (Å²) in [5, 5.41) is 0. The third-order valence-corrected chi connectivity index (χ3v) is 8.06. The Morgan fingerprint density at radius 2 is 1.00 bits per heavy atom. The van der Waals surface area contributed by atoms with E-state index in [1.54, 1.807) is 0 Å². The predicted octanol–water partition coefficient (Wildman–Crippen LogP) is 11.0. The van der Waals surface area contributed by atoms with Gasteiger partial charge in [-0.25, -0.2) is 9.97 Å². The van der Waals surface area contributed by atoms with E-state index in [1.165, 1.54) is 119 Å². The van der Waals surface area contributed by atoms with Gasteiger partial charge in [0, 0.05) is 18.0 Å². The Balaban J connectivity index is 1.38. The van der Waals surface area contributed by atoms with E-state index in [0.717, 1.165) is 23.7 Å². The number of nitrogens with zero attached hydrogens (tertiary/aromatic N) is 2. The summed E-state index contributed by atoms with van der Waals surface area (Å²) >= 11 is 0. The molecule has 2 aromatic carbocycles. The van der Waals surface area contributed by atoms with Crippen LogP contribution in [0.25, 0.3) is 22.5 Å². The second-order valence-corrected chi connectivity index (χ2v) is 11.4. The second-order valence-electron chi connectivity index (χ2n) is 11.4. The van der Waals surface area contributed by atoms with Crippen LogP contribution in [0.4, 0.5) is 0 Å². The lowest BCUT2D eigenvalue weighted by atomic mass is 9.99. The van der Waals surface area contributed by atoms with Crippen LogP contribution < -0.4 is 0 Å². The van der Waals surface area contributed by atoms with Gasteiger partial charge in [-0.1, -0.05) is 146 Å². The molecule has 3 aromatic rings. The maximum Gasteiger partial charge on any atom is 0.159 e. The van der Waals surface area contributed by atoms with Gasteiger partial charge >= 0.3 is 0 Å². The molecule has 0 bridgehead atoms. The maximum atomic E-state index is 4.67. The predicted molar refractivity (Wildman–Crippen MR) is 165 cm³/mol. The van der Waals surface area contributed by atoms with Crippen LogP contribution in [0, 0.1) is 5.92 Å². The van der Waals surface area contributed by atoms with Crippen molar-refractivity contribution in [2.75, 3.05) is 0 Å². The maximum absolute atomic E-state index is 4.67. The van der Waals surface area contributed by atoms with E-state index < -0.39 is 0 Å². The van der Waals surface area contributed by atoms with Crippen LogP contribution in [-0.4, -0.2) is 9.97 Å². The van der Waals surface area contributed by atoms with Crippen molar-refractivity contribution in [1.29, 1.82) is 0 Å². The van der Waals surface area contributed by atoms with Gasteiger partial charge in [0.25, 0.3) is 0 Å². The summed E-state index contributed by atoms with van der Waals surface area (Å²) in [6.07, 6.45) is 25.2. The van der Waals surface area contributed by atoms with Gasteiger partial charge in [0.2, 0.25) is 0 Å². The van der Waals surface area contributed by atoms with Crippen LogP contribution in [-0.2, 0) is 12.8 Å². The van der Waals surface area contributed by atoms with Gasteiger partial charge in [-0.2, -0.15) is 0 Å². The van der Waals surface area contributed by atoms with Gasteiger partial charge in [-0.3, -0.25) is 0 Å². The first kappa shape index (κ1) is 30.1. The number of aryl methyl sites for hydroxylation is 2. The summed E-state index contributed by atoms with van der Waals surface area (Å²) in [6, 6.07) is 17.8. The van der Waals surface area contributed by atoms with Gasteiger partial charge < -0.3 is 0 Å². The van der Waals surface area contributed by atoms with Gasteiger partial charge in [-0.05, 0) is 53.9 Å². The molecule has 0 aliphatic rings. The largest absolute Gasteiger partial charge is 0.236 e. The lowest BCUT2D eigenvalue weighted by molar-refractivity contribution is 0.472. The topological polar surface area (TPSA) is 25.8 Å². The molecule has 1 heterocycles. The molecule has 0 aliphatic heterocycles. The van der Waals surface area contributed by atoms with E-state index in [-0.39, 0.29) is 0 Å². The Morgan fingerprint density at radius 3 is 1.58 bits per heavy atom. The Labute approximate surface area is 233 Å². The van der Waals surface area contributed by atoms with Gasteiger partial charge in [0.1, 0.15) is 0 Å². The Morgan fingerprint density at radius 1 is 0.526 bits per heavy atom. The Bertz CT molecular complexity index is 989. The third kappa shape index (κ3) is 11.1. The summed E-state index contributed by atoms with van der Waals surface area (Å²) in [5.74, 6) is 1.70. The minimum atomic E-state index is 0.815. The van der Waals surface area contributed by atoms with Crippen molar-refractivity contribution in [2.45, 2.75) is 124 Å². The van der Waals surface area contributed by atoms with Crippen molar-refractivity contribution >= 4 is 0 Å². The number of rotatable bonds is 19. The molecule has 0 spiro atoms. The smallest absolute Gasteiger partial charge is 0.159 e. The molecule has 206 valence electrons. The first-order chi connectivity index (χ1) is 18.7. The van der Waals surface area contributed by atoms with Crippen LogP contribution >= 0.6 is 0 Å². The molecule has 0 amide bonds. The summed E-state index contributed by atoms with van der Waals surface area (Å²) in [7, 11) is 0. The lowest BCUT2D eigenvalue weighted by Gasteiger charge is -2.08. The summed E-state index contributed by atoms with van der Waals surface area (Å²) in [6.45, 7) is 6.95. The molecule has 0 saturated heterocycles. The Hall–Kier alpha value is -2.48. The monoisotopic (exact) mass is 512 g/mol. The average Bonchev–Trinajstić information content (AvgIpc) is 2.97. The van der Waals surface area contributed by atoms with Crippen LogP contribution in [0.2, 0.25) is 0 Å². The van der Waals surface area contributed by atoms with Crippen LogP contribution in [0.3, 0.4) is 0 Å². The zero-order valence-corrected chi connectivity index (χ0v) is 24.6. The van der Waals surface area contributed by atoms with E-state index in [1.807, 2.05) is 12.4 Å². The highest BCUT2D eigenvalue weighted by Crippen LogP contribution is 2.24. The van der Waals surface area contributed by atoms with E-state index in [2.05, 4.69) is 79.3 Å². The fraction of sp³-hybridized carbons (Fsp3) is 0.556. The van der Waals surface area contributed by atoms with Crippen LogP contribution in [0.15, 0.2) is 60.9 Å². The molecule has 0 radical (unpaired) electrons. The minimum Gasteiger partial charge on any atom is -0.236 e. The zero-order chi connectivity index (χ0) is 26.8. The molecule has 0 saturated carbocycles. The highest BCUT2D eigenvalue weighted by molar-refractivity contribution is 5.67. The van der Waals surface area contributed by atoms with Crippen molar-refractivity contribution in [3.8, 4) is 22.5 Å². The van der Waals surface area contributed by atoms with Crippen molar-refractivity contribution < 1.29 is 0 Å². The SMILES string of the molecule is CCCCCCCCCc1ccc(-c2ccc(-c3ncc(CCCCCCC[C@@H](C)CC)cn3)cc2)cc1. The summed E-state index contributed by atoms with van der Waals surface area (Å²) < 4.78 is 0. The molecule has 1 aromatic heterocycles. The molecule has 2 heteroatoms. The highest BCUT2D eigenvalue weighted by atomic mass is 14.9. The van der Waals surface area contributed by atoms with E-state index in [9.17, 15) is 0 Å². The second kappa shape index (κ2) is 17.9. The van der Waals surface area contributed by atoms with Crippen molar-refractivity contribution in [1.82, 2.24) is 9.97 Å². The molecule has 38 heavy (non-hydrogen) atoms. The molecule has 1 atom stereocenters. The molecular formula is C36H52N2. The number of unbranched alkanes of at least 4 members (excludes halogenated alkanes) is 10. The highest BCUT2D eigenvalue weighted by Gasteiger charge is 2.05. The van der Waals surface area contributed by atoms with Gasteiger partial charge in [0.05, 0.1) is 0 Å². The fourth-order valence-electron chi connectivity index (χ4n) is 5.15. The van der Waals surface area contributed by atoms with Crippen LogP contribution in [0.1, 0.15) is 122 Å². The number of aromatic nitrogens is 2. The molecule has 0 fully saturated rings. The minimum absolute atomic E-state index is 0.815. The zero-order valence-electron chi connectivity index (χ0n) is 24.6. The first-order valence-electron chi connectivity index (χ1n) is 15.7. The third-order valence-electron chi connectivity index (χ3n) is 8.06. The van der Waals surface area contributed by atoms with E-state index >= 15 is 0 Å². The first-order valence-corrected chi connectivity index (χ1v) is 15.7. The van der Waals surface area contributed by atoms with E-state index in [4.69, 9.17) is 0 Å². The quantitative estimate of drug-likeness (QED) is 0.149. The molecule has 3 rings (SSSR count). The van der Waals surface area contributed by atoms with Crippen molar-refractivity contribution in [3.63, 3.8) is 0 Å². The molecular weight excluding hydrogens is 460 g/mol. The number of benzene rings is 2. The van der Waals surface area contributed by atoms with E-state index in [0.29, 0.717) is 0 Å². The molecule has 0 N–H and O–H groups in total. The normalized spacial score (nSPS) is 12.1. The van der Waals surface area contributed by atoms with Gasteiger partial charge in [-0.15, -0.1) is 0 Å². The number of hydrogen-bond donors (Lipinski definition) is 0. The van der Waals surface area contributed by atoms with Crippen molar-refractivity contribution in [2.24, 2.45) is 5.92 Å². The molecule has 0 aliphatic carbocycles. The average molecular weight is 513 g/mol. The van der Waals surface area contributed by atoms with Crippen molar-refractivity contribution in [3.05, 3.63) is 72.1 Å². The van der Waals surface area contributed by atoms with Gasteiger partial charge in [0.15, 0.2) is 5.82 Å². The summed E-state index contributed by atoms with van der Waals surface area (Å²) in [5.41, 5.74) is 6.31. The van der Waals surface area contributed by atoms with Crippen LogP contribution in [0.5, 0.6) is 0 Å². The molecule has 0 unspecified atom stereocenters. The number of hydrogen-bond acceptors (Lipinski definition) is 2. The Kier molecular flexibility index (Phi) is 14.2. The molecule has 2 nitrogen and oxygen atoms in total. The lowest BCUT2D eigenvalue weighted by Crippen LogP contribution is -1.94. The standard InChI is InChI=1S/C36H52N2/c1-4-6-7-8-9-12-15-18-31-20-22-33(23-21-31)34-24-26-35(27-25-34)36-37-28-32(29-38-36)19-16-13-10-11-14-17-30(3)5-2/h20-30H,4-19H2,1-3H3/t30-/m0/s1. The fourth-order valence-corrected chi connectivity index (χ4v) is 5.15.